The monoisotopic (exact) mass is 420 g/mol. The summed E-state index contributed by atoms with van der Waals surface area (Å²) in [5.74, 6) is 0.113. The fourth-order valence-electron chi connectivity index (χ4n) is 4.82. The molecule has 2 saturated heterocycles. The van der Waals surface area contributed by atoms with Crippen molar-refractivity contribution >= 4 is 23.0 Å². The molecule has 5 rings (SSSR count). The highest BCUT2D eigenvalue weighted by Crippen LogP contribution is 2.52. The van der Waals surface area contributed by atoms with Crippen molar-refractivity contribution < 1.29 is 9.59 Å². The van der Waals surface area contributed by atoms with Gasteiger partial charge in [0, 0.05) is 36.3 Å². The number of aromatic nitrogens is 2. The Bertz CT molecular complexity index is 1060. The van der Waals surface area contributed by atoms with Gasteiger partial charge < -0.3 is 4.57 Å². The Hall–Kier alpha value is -2.77. The van der Waals surface area contributed by atoms with Crippen LogP contribution < -0.4 is 0 Å². The van der Waals surface area contributed by atoms with Gasteiger partial charge in [0.25, 0.3) is 0 Å². The molecule has 154 valence electrons. The first-order valence-electron chi connectivity index (χ1n) is 10.3. The number of amides is 1. The van der Waals surface area contributed by atoms with Crippen molar-refractivity contribution in [1.82, 2.24) is 19.6 Å². The molecule has 0 unspecified atom stereocenters. The van der Waals surface area contributed by atoms with Crippen LogP contribution in [-0.4, -0.2) is 37.8 Å². The van der Waals surface area contributed by atoms with Gasteiger partial charge in [0.2, 0.25) is 11.7 Å². The van der Waals surface area contributed by atoms with Crippen molar-refractivity contribution in [3.8, 4) is 0 Å². The van der Waals surface area contributed by atoms with Crippen LogP contribution in [0.4, 0.5) is 0 Å². The van der Waals surface area contributed by atoms with Gasteiger partial charge in [-0.3, -0.25) is 14.6 Å². The second kappa shape index (κ2) is 7.49. The van der Waals surface area contributed by atoms with E-state index in [0.29, 0.717) is 18.8 Å². The van der Waals surface area contributed by atoms with Crippen molar-refractivity contribution in [1.29, 1.82) is 0 Å². The van der Waals surface area contributed by atoms with Crippen molar-refractivity contribution in [2.75, 3.05) is 6.54 Å². The molecule has 2 aromatic heterocycles. The van der Waals surface area contributed by atoms with E-state index in [2.05, 4.69) is 22.1 Å². The number of ketones is 1. The number of hydrazine groups is 1. The van der Waals surface area contributed by atoms with E-state index < -0.39 is 5.92 Å². The highest BCUT2D eigenvalue weighted by Gasteiger charge is 2.57. The smallest absolute Gasteiger partial charge is 0.238 e. The standard InChI is InChI=1S/C23H24N4O2S/c1-15(2)25-13-11-24-23(25)22(29)19-20(16-7-4-3-5-8-16)26-12-10-18(28)27(26)21(19)17-9-6-14-30-17/h3-9,11,13-15,19-21H,10,12H2,1-2H3/t19-,20+,21+/m1/s1. The molecule has 0 saturated carbocycles. The maximum absolute atomic E-state index is 14.0. The van der Waals surface area contributed by atoms with E-state index in [9.17, 15) is 9.59 Å². The number of hydrogen-bond acceptors (Lipinski definition) is 5. The van der Waals surface area contributed by atoms with Gasteiger partial charge in [0.05, 0.1) is 18.0 Å². The van der Waals surface area contributed by atoms with E-state index in [4.69, 9.17) is 0 Å². The first-order chi connectivity index (χ1) is 14.6. The van der Waals surface area contributed by atoms with Crippen LogP contribution in [0.15, 0.2) is 60.2 Å². The maximum atomic E-state index is 14.0. The molecule has 1 aromatic carbocycles. The summed E-state index contributed by atoms with van der Waals surface area (Å²) in [7, 11) is 0. The zero-order chi connectivity index (χ0) is 20.8. The molecule has 3 aromatic rings. The van der Waals surface area contributed by atoms with Gasteiger partial charge in [0.15, 0.2) is 5.82 Å². The van der Waals surface area contributed by atoms with Gasteiger partial charge >= 0.3 is 0 Å². The predicted molar refractivity (Wildman–Crippen MR) is 115 cm³/mol. The molecule has 2 fully saturated rings. The molecule has 0 radical (unpaired) electrons. The van der Waals surface area contributed by atoms with Crippen LogP contribution in [0.3, 0.4) is 0 Å². The van der Waals surface area contributed by atoms with Gasteiger partial charge in [-0.1, -0.05) is 36.4 Å². The van der Waals surface area contributed by atoms with Crippen LogP contribution in [0.5, 0.6) is 0 Å². The number of fused-ring (bicyclic) bond motifs is 1. The summed E-state index contributed by atoms with van der Waals surface area (Å²) in [6, 6.07) is 13.7. The number of imidazole rings is 1. The third-order valence-corrected chi connectivity index (χ3v) is 7.02. The molecule has 0 N–H and O–H groups in total. The van der Waals surface area contributed by atoms with Crippen molar-refractivity contribution in [2.24, 2.45) is 5.92 Å². The Morgan fingerprint density at radius 1 is 1.13 bits per heavy atom. The van der Waals surface area contributed by atoms with E-state index in [0.717, 1.165) is 10.4 Å². The van der Waals surface area contributed by atoms with Crippen molar-refractivity contribution in [2.45, 2.75) is 38.4 Å². The normalized spacial score (nSPS) is 24.0. The number of Topliss-reactive ketones (excluding diaryl/α,β-unsaturated/α-hetero) is 1. The molecule has 2 aliphatic rings. The molecule has 0 spiro atoms. The summed E-state index contributed by atoms with van der Waals surface area (Å²) in [4.78, 5) is 32.4. The molecule has 0 aliphatic carbocycles. The zero-order valence-corrected chi connectivity index (χ0v) is 17.8. The average Bonchev–Trinajstić information content (AvgIpc) is 3.53. The van der Waals surface area contributed by atoms with Crippen LogP contribution in [0, 0.1) is 5.92 Å². The maximum Gasteiger partial charge on any atom is 0.238 e. The average molecular weight is 421 g/mol. The Labute approximate surface area is 179 Å². The van der Waals surface area contributed by atoms with Crippen LogP contribution in [0.25, 0.3) is 0 Å². The second-order valence-corrected chi connectivity index (χ2v) is 9.09. The van der Waals surface area contributed by atoms with E-state index >= 15 is 0 Å². The summed E-state index contributed by atoms with van der Waals surface area (Å²) in [5.41, 5.74) is 1.05. The third kappa shape index (κ3) is 2.92. The number of carbonyl (C=O) groups is 2. The minimum Gasteiger partial charge on any atom is -0.326 e. The van der Waals surface area contributed by atoms with E-state index in [-0.39, 0.29) is 29.8 Å². The summed E-state index contributed by atoms with van der Waals surface area (Å²) < 4.78 is 1.93. The fraction of sp³-hybridized carbons (Fsp3) is 0.348. The van der Waals surface area contributed by atoms with Crippen LogP contribution >= 0.6 is 11.3 Å². The molecule has 7 heteroatoms. The molecule has 3 atom stereocenters. The van der Waals surface area contributed by atoms with Crippen LogP contribution in [0.1, 0.15) is 59.5 Å². The van der Waals surface area contributed by atoms with Gasteiger partial charge in [-0.15, -0.1) is 11.3 Å². The van der Waals surface area contributed by atoms with E-state index in [1.165, 1.54) is 0 Å². The van der Waals surface area contributed by atoms with Crippen molar-refractivity contribution in [3.63, 3.8) is 0 Å². The molecular weight excluding hydrogens is 396 g/mol. The minimum atomic E-state index is -0.421. The summed E-state index contributed by atoms with van der Waals surface area (Å²) >= 11 is 1.60. The first kappa shape index (κ1) is 19.2. The highest BCUT2D eigenvalue weighted by molar-refractivity contribution is 7.10. The number of benzene rings is 1. The highest BCUT2D eigenvalue weighted by atomic mass is 32.1. The minimum absolute atomic E-state index is 0.0110. The Morgan fingerprint density at radius 2 is 1.93 bits per heavy atom. The van der Waals surface area contributed by atoms with Gasteiger partial charge in [-0.05, 0) is 30.9 Å². The quantitative estimate of drug-likeness (QED) is 0.579. The number of nitrogens with zero attached hydrogens (tertiary/aromatic N) is 4. The lowest BCUT2D eigenvalue weighted by atomic mass is 9.84. The Morgan fingerprint density at radius 3 is 2.63 bits per heavy atom. The summed E-state index contributed by atoms with van der Waals surface area (Å²) in [6.07, 6.45) is 4.02. The topological polar surface area (TPSA) is 58.4 Å². The molecule has 1 amide bonds. The molecule has 0 bridgehead atoms. The van der Waals surface area contributed by atoms with Gasteiger partial charge in [0.1, 0.15) is 0 Å². The van der Waals surface area contributed by atoms with Crippen molar-refractivity contribution in [3.05, 3.63) is 76.5 Å². The van der Waals surface area contributed by atoms with Crippen LogP contribution in [0.2, 0.25) is 0 Å². The molecule has 6 nitrogen and oxygen atoms in total. The lowest BCUT2D eigenvalue weighted by Crippen LogP contribution is -2.34. The number of thiophene rings is 1. The largest absolute Gasteiger partial charge is 0.326 e. The molecule has 2 aliphatic heterocycles. The van der Waals surface area contributed by atoms with E-state index in [1.54, 1.807) is 17.5 Å². The molecule has 30 heavy (non-hydrogen) atoms. The first-order valence-corrected chi connectivity index (χ1v) is 11.2. The number of hydrogen-bond donors (Lipinski definition) is 0. The number of rotatable bonds is 5. The lowest BCUT2D eigenvalue weighted by molar-refractivity contribution is -0.138. The Balaban J connectivity index is 1.68. The summed E-state index contributed by atoms with van der Waals surface area (Å²) in [5, 5.41) is 5.95. The zero-order valence-electron chi connectivity index (χ0n) is 17.0. The molecular formula is C23H24N4O2S. The van der Waals surface area contributed by atoms with E-state index in [1.807, 2.05) is 65.3 Å². The van der Waals surface area contributed by atoms with Crippen LogP contribution in [-0.2, 0) is 4.79 Å². The predicted octanol–water partition coefficient (Wildman–Crippen LogP) is 4.27. The molecule has 4 heterocycles. The Kier molecular flexibility index (Phi) is 4.79. The second-order valence-electron chi connectivity index (χ2n) is 8.11. The van der Waals surface area contributed by atoms with Gasteiger partial charge in [-0.25, -0.2) is 9.99 Å². The fourth-order valence-corrected chi connectivity index (χ4v) is 5.67. The third-order valence-electron chi connectivity index (χ3n) is 6.08. The SMILES string of the molecule is CC(C)n1ccnc1C(=O)[C@@H]1[C@H](c2ccccc2)N2CCC(=O)N2[C@H]1c1cccs1. The lowest BCUT2D eigenvalue weighted by Gasteiger charge is -2.26. The number of carbonyl (C=O) groups excluding carboxylic acids is 2. The summed E-state index contributed by atoms with van der Waals surface area (Å²) in [6.45, 7) is 4.72. The van der Waals surface area contributed by atoms with Gasteiger partial charge in [-0.2, -0.15) is 0 Å².